The minimum Gasteiger partial charge on any atom is -0.379 e. The highest BCUT2D eigenvalue weighted by atomic mass is 19.1. The Morgan fingerprint density at radius 2 is 2.29 bits per heavy atom. The topological polar surface area (TPSA) is 93.5 Å². The maximum Gasteiger partial charge on any atom is 0.304 e. The molecule has 8 heteroatoms. The van der Waals surface area contributed by atoms with Crippen LogP contribution in [0.1, 0.15) is 6.92 Å². The van der Waals surface area contributed by atoms with Gasteiger partial charge < -0.3 is 15.4 Å². The summed E-state index contributed by atoms with van der Waals surface area (Å²) in [5, 5.41) is 16.2. The molecule has 0 radical (unpaired) electrons. The van der Waals surface area contributed by atoms with Gasteiger partial charge in [0.1, 0.15) is 0 Å². The first-order chi connectivity index (χ1) is 10.0. The van der Waals surface area contributed by atoms with Crippen LogP contribution in [-0.4, -0.2) is 36.6 Å². The maximum absolute atomic E-state index is 13.5. The van der Waals surface area contributed by atoms with Crippen LogP contribution >= 0.6 is 0 Å². The van der Waals surface area contributed by atoms with E-state index in [1.54, 1.807) is 0 Å². The largest absolute Gasteiger partial charge is 0.379 e. The lowest BCUT2D eigenvalue weighted by Gasteiger charge is -2.17. The number of anilines is 1. The van der Waals surface area contributed by atoms with Gasteiger partial charge in [-0.1, -0.05) is 6.92 Å². The van der Waals surface area contributed by atoms with E-state index in [9.17, 15) is 19.3 Å². The van der Waals surface area contributed by atoms with Crippen molar-refractivity contribution in [1.82, 2.24) is 5.32 Å². The molecule has 1 heterocycles. The van der Waals surface area contributed by atoms with Gasteiger partial charge in [-0.3, -0.25) is 14.9 Å². The van der Waals surface area contributed by atoms with Gasteiger partial charge in [0, 0.05) is 23.9 Å². The molecule has 2 atom stereocenters. The average molecular weight is 297 g/mol. The molecule has 0 saturated carbocycles. The number of benzene rings is 1. The Morgan fingerprint density at radius 3 is 2.90 bits per heavy atom. The smallest absolute Gasteiger partial charge is 0.304 e. The van der Waals surface area contributed by atoms with Gasteiger partial charge in [0.2, 0.25) is 11.7 Å². The van der Waals surface area contributed by atoms with Crippen LogP contribution in [0.5, 0.6) is 0 Å². The lowest BCUT2D eigenvalue weighted by Crippen LogP contribution is -2.41. The van der Waals surface area contributed by atoms with Crippen LogP contribution in [0.3, 0.4) is 0 Å². The van der Waals surface area contributed by atoms with Crippen molar-refractivity contribution >= 4 is 17.3 Å². The Hall–Kier alpha value is -2.06. The van der Waals surface area contributed by atoms with Crippen LogP contribution in [-0.2, 0) is 9.53 Å². The lowest BCUT2D eigenvalue weighted by atomic mass is 10.0. The molecule has 2 N–H and O–H groups in total. The molecule has 1 fully saturated rings. The van der Waals surface area contributed by atoms with E-state index < -0.39 is 16.4 Å². The molecule has 0 aliphatic carbocycles. The number of halogens is 1. The summed E-state index contributed by atoms with van der Waals surface area (Å²) in [6, 6.07) is 3.18. The first kappa shape index (κ1) is 15.3. The van der Waals surface area contributed by atoms with Crippen LogP contribution < -0.4 is 10.6 Å². The first-order valence-corrected chi connectivity index (χ1v) is 6.59. The van der Waals surface area contributed by atoms with Crippen molar-refractivity contribution in [3.05, 3.63) is 34.1 Å². The van der Waals surface area contributed by atoms with Gasteiger partial charge in [-0.15, -0.1) is 0 Å². The Balaban J connectivity index is 2.06. The van der Waals surface area contributed by atoms with Gasteiger partial charge >= 0.3 is 5.69 Å². The summed E-state index contributed by atoms with van der Waals surface area (Å²) in [5.41, 5.74) is -0.437. The summed E-state index contributed by atoms with van der Waals surface area (Å²) in [6.45, 7) is 3.38. The van der Waals surface area contributed by atoms with E-state index in [1.807, 2.05) is 6.92 Å². The number of amides is 1. The van der Waals surface area contributed by atoms with E-state index in [2.05, 4.69) is 10.6 Å². The molecule has 21 heavy (non-hydrogen) atoms. The standard InChI is InChI=1S/C13H16FN3O4/c1-2-15-11-7-21-6-9(11)13(18)16-8-3-4-12(17(19)20)10(14)5-8/h3-5,9,11,15H,2,6-7H2,1H3,(H,16,18). The van der Waals surface area contributed by atoms with Crippen LogP contribution in [0.2, 0.25) is 0 Å². The molecule has 0 aromatic heterocycles. The monoisotopic (exact) mass is 297 g/mol. The van der Waals surface area contributed by atoms with E-state index in [0.717, 1.165) is 12.1 Å². The van der Waals surface area contributed by atoms with Crippen molar-refractivity contribution in [3.63, 3.8) is 0 Å². The SMILES string of the molecule is CCNC1COCC1C(=O)Nc1ccc([N+](=O)[O-])c(F)c1. The fraction of sp³-hybridized carbons (Fsp3) is 0.462. The zero-order valence-corrected chi connectivity index (χ0v) is 11.5. The fourth-order valence-electron chi connectivity index (χ4n) is 2.24. The number of carbonyl (C=O) groups excluding carboxylic acids is 1. The number of nitrogens with zero attached hydrogens (tertiary/aromatic N) is 1. The van der Waals surface area contributed by atoms with E-state index in [4.69, 9.17) is 4.74 Å². The van der Waals surface area contributed by atoms with Crippen molar-refractivity contribution in [2.45, 2.75) is 13.0 Å². The molecule has 1 aromatic carbocycles. The summed E-state index contributed by atoms with van der Waals surface area (Å²) in [7, 11) is 0. The number of nitro benzene ring substituents is 1. The quantitative estimate of drug-likeness (QED) is 0.631. The normalized spacial score (nSPS) is 21.2. The number of hydrogen-bond donors (Lipinski definition) is 2. The first-order valence-electron chi connectivity index (χ1n) is 6.59. The number of nitro groups is 1. The van der Waals surface area contributed by atoms with E-state index in [0.29, 0.717) is 19.8 Å². The fourth-order valence-corrected chi connectivity index (χ4v) is 2.24. The number of carbonyl (C=O) groups is 1. The molecular formula is C13H16FN3O4. The molecular weight excluding hydrogens is 281 g/mol. The van der Waals surface area contributed by atoms with Gasteiger partial charge in [-0.05, 0) is 12.6 Å². The molecule has 2 unspecified atom stereocenters. The van der Waals surface area contributed by atoms with Crippen LogP contribution in [0.4, 0.5) is 15.8 Å². The molecule has 114 valence electrons. The summed E-state index contributed by atoms with van der Waals surface area (Å²) in [4.78, 5) is 21.9. The third-order valence-electron chi connectivity index (χ3n) is 3.30. The van der Waals surface area contributed by atoms with Crippen molar-refractivity contribution in [2.24, 2.45) is 5.92 Å². The minimum absolute atomic E-state index is 0.0853. The third-order valence-corrected chi connectivity index (χ3v) is 3.30. The van der Waals surface area contributed by atoms with Gasteiger partial charge in [0.15, 0.2) is 0 Å². The Bertz CT molecular complexity index is 552. The molecule has 2 rings (SSSR count). The highest BCUT2D eigenvalue weighted by molar-refractivity contribution is 5.93. The van der Waals surface area contributed by atoms with Crippen molar-refractivity contribution in [2.75, 3.05) is 25.1 Å². The highest BCUT2D eigenvalue weighted by Crippen LogP contribution is 2.22. The van der Waals surface area contributed by atoms with Gasteiger partial charge in [0.05, 0.1) is 24.1 Å². The van der Waals surface area contributed by atoms with Gasteiger partial charge in [-0.25, -0.2) is 0 Å². The van der Waals surface area contributed by atoms with E-state index in [-0.39, 0.29) is 23.6 Å². The van der Waals surface area contributed by atoms with E-state index >= 15 is 0 Å². The Morgan fingerprint density at radius 1 is 1.52 bits per heavy atom. The molecule has 0 bridgehead atoms. The molecule has 7 nitrogen and oxygen atoms in total. The summed E-state index contributed by atoms with van der Waals surface area (Å²) >= 11 is 0. The zero-order valence-electron chi connectivity index (χ0n) is 11.5. The van der Waals surface area contributed by atoms with Crippen molar-refractivity contribution in [3.8, 4) is 0 Å². The predicted molar refractivity (Wildman–Crippen MR) is 73.5 cm³/mol. The molecule has 1 aromatic rings. The second kappa shape index (κ2) is 6.59. The van der Waals surface area contributed by atoms with Gasteiger partial charge in [-0.2, -0.15) is 4.39 Å². The minimum atomic E-state index is -0.983. The van der Waals surface area contributed by atoms with Crippen LogP contribution in [0.15, 0.2) is 18.2 Å². The van der Waals surface area contributed by atoms with Crippen molar-refractivity contribution < 1.29 is 18.8 Å². The highest BCUT2D eigenvalue weighted by Gasteiger charge is 2.33. The molecule has 1 aliphatic heterocycles. The maximum atomic E-state index is 13.5. The number of nitrogens with one attached hydrogen (secondary N) is 2. The van der Waals surface area contributed by atoms with Crippen molar-refractivity contribution in [1.29, 1.82) is 0 Å². The molecule has 0 spiro atoms. The second-order valence-electron chi connectivity index (χ2n) is 4.72. The summed E-state index contributed by atoms with van der Waals surface area (Å²) in [6.07, 6.45) is 0. The van der Waals surface area contributed by atoms with Crippen LogP contribution in [0.25, 0.3) is 0 Å². The summed E-state index contributed by atoms with van der Waals surface area (Å²) < 4.78 is 18.8. The Kier molecular flexibility index (Phi) is 4.81. The number of ether oxygens (including phenoxy) is 1. The van der Waals surface area contributed by atoms with E-state index in [1.165, 1.54) is 6.07 Å². The summed E-state index contributed by atoms with van der Waals surface area (Å²) in [5.74, 6) is -1.65. The Labute approximate surface area is 120 Å². The average Bonchev–Trinajstić information content (AvgIpc) is 2.87. The van der Waals surface area contributed by atoms with Crippen LogP contribution in [0, 0.1) is 21.8 Å². The number of likely N-dealkylation sites (N-methyl/N-ethyl adjacent to an activating group) is 1. The zero-order chi connectivity index (χ0) is 15.4. The predicted octanol–water partition coefficient (Wildman–Crippen LogP) is 1.30. The molecule has 1 amide bonds. The molecule has 1 aliphatic rings. The third kappa shape index (κ3) is 3.53. The van der Waals surface area contributed by atoms with Gasteiger partial charge in [0.25, 0.3) is 0 Å². The number of hydrogen-bond acceptors (Lipinski definition) is 5. The lowest BCUT2D eigenvalue weighted by molar-refractivity contribution is -0.387. The number of rotatable bonds is 5. The molecule has 1 saturated heterocycles. The second-order valence-corrected chi connectivity index (χ2v) is 4.72.